The number of pyridine rings is 1. The van der Waals surface area contributed by atoms with Crippen LogP contribution < -0.4 is 5.73 Å². The zero-order valence-electron chi connectivity index (χ0n) is 34.1. The molecule has 0 atom stereocenters. The minimum absolute atomic E-state index is 0.662. The number of nitrogens with zero attached hydrogens (tertiary/aromatic N) is 5. The van der Waals surface area contributed by atoms with Crippen LogP contribution in [-0.2, 0) is 6.54 Å². The highest BCUT2D eigenvalue weighted by Crippen LogP contribution is 2.39. The summed E-state index contributed by atoms with van der Waals surface area (Å²) in [5.41, 5.74) is 21.0. The van der Waals surface area contributed by atoms with E-state index >= 15 is 0 Å². The predicted molar refractivity (Wildman–Crippen MR) is 264 cm³/mol. The van der Waals surface area contributed by atoms with Gasteiger partial charge < -0.3 is 14.9 Å². The standard InChI is InChI=1S/C56H38N6S/c57-47(37-14-5-2-6-15-37)31-38(36-12-3-1-4-13-36)27-29-61-50-18-9-7-17-43(50)45-30-39(22-25-51(45)61)48-34-58-35-49(60-48)40-21-24-44-42-16-8-10-19-52(42)62(53(44)32-40)41-23-26-54-46(33-41)56-55(63-54)20-11-28-59-56/h1-28,30-35H,29,57H2/b38-27+,47-31-. The van der Waals surface area contributed by atoms with Crippen molar-refractivity contribution in [1.29, 1.82) is 0 Å². The summed E-state index contributed by atoms with van der Waals surface area (Å²) in [6.07, 6.45) is 9.97. The Morgan fingerprint density at radius 1 is 0.540 bits per heavy atom. The van der Waals surface area contributed by atoms with Gasteiger partial charge in [-0.1, -0.05) is 121 Å². The molecule has 7 heteroatoms. The minimum Gasteiger partial charge on any atom is -0.398 e. The average Bonchev–Trinajstić information content (AvgIpc) is 4.00. The smallest absolute Gasteiger partial charge is 0.0893 e. The molecule has 12 rings (SSSR count). The molecule has 0 aliphatic carbocycles. The second kappa shape index (κ2) is 15.1. The monoisotopic (exact) mass is 826 g/mol. The molecule has 63 heavy (non-hydrogen) atoms. The Morgan fingerprint density at radius 2 is 1.21 bits per heavy atom. The maximum absolute atomic E-state index is 6.68. The van der Waals surface area contributed by atoms with Gasteiger partial charge in [0.25, 0.3) is 0 Å². The fourth-order valence-corrected chi connectivity index (χ4v) is 10.2. The number of fused-ring (bicyclic) bond motifs is 9. The Balaban J connectivity index is 0.934. The number of para-hydroxylation sites is 2. The van der Waals surface area contributed by atoms with Gasteiger partial charge in [0.05, 0.1) is 45.0 Å². The van der Waals surface area contributed by atoms with Gasteiger partial charge in [-0.3, -0.25) is 9.97 Å². The van der Waals surface area contributed by atoms with Crippen LogP contribution >= 0.6 is 11.3 Å². The normalized spacial score (nSPS) is 12.4. The van der Waals surface area contributed by atoms with E-state index in [0.717, 1.165) is 72.7 Å². The maximum Gasteiger partial charge on any atom is 0.0893 e. The lowest BCUT2D eigenvalue weighted by Crippen LogP contribution is -1.99. The number of hydrogen-bond donors (Lipinski definition) is 1. The summed E-state index contributed by atoms with van der Waals surface area (Å²) in [6.45, 7) is 0.662. The zero-order valence-corrected chi connectivity index (χ0v) is 34.9. The van der Waals surface area contributed by atoms with Crippen LogP contribution in [0, 0.1) is 0 Å². The fraction of sp³-hybridized carbons (Fsp3) is 0.0179. The van der Waals surface area contributed by atoms with Crippen LogP contribution in [-0.4, -0.2) is 24.1 Å². The summed E-state index contributed by atoms with van der Waals surface area (Å²) in [5.74, 6) is 0. The van der Waals surface area contributed by atoms with Gasteiger partial charge in [0, 0.05) is 77.9 Å². The van der Waals surface area contributed by atoms with Gasteiger partial charge in [0.15, 0.2) is 0 Å². The highest BCUT2D eigenvalue weighted by molar-refractivity contribution is 7.25. The molecule has 0 radical (unpaired) electrons. The molecule has 0 fully saturated rings. The van der Waals surface area contributed by atoms with E-state index in [0.29, 0.717) is 6.54 Å². The Bertz CT molecular complexity index is 3780. The van der Waals surface area contributed by atoms with Gasteiger partial charge in [-0.2, -0.15) is 0 Å². The van der Waals surface area contributed by atoms with Crippen molar-refractivity contribution < 1.29 is 0 Å². The molecule has 12 aromatic rings. The topological polar surface area (TPSA) is 74.6 Å². The molecule has 0 saturated carbocycles. The van der Waals surface area contributed by atoms with Crippen LogP contribution in [0.5, 0.6) is 0 Å². The van der Waals surface area contributed by atoms with E-state index < -0.39 is 0 Å². The van der Waals surface area contributed by atoms with E-state index in [2.05, 4.69) is 155 Å². The summed E-state index contributed by atoms with van der Waals surface area (Å²) in [4.78, 5) is 14.8. The third-order valence-electron chi connectivity index (χ3n) is 12.2. The predicted octanol–water partition coefficient (Wildman–Crippen LogP) is 13.9. The van der Waals surface area contributed by atoms with Crippen molar-refractivity contribution >= 4 is 86.5 Å². The zero-order chi connectivity index (χ0) is 41.9. The van der Waals surface area contributed by atoms with Gasteiger partial charge in [-0.15, -0.1) is 11.3 Å². The first kappa shape index (κ1) is 36.7. The lowest BCUT2D eigenvalue weighted by molar-refractivity contribution is 0.900. The SMILES string of the molecule is N/C(=C\C(=C/Cn1c2ccccc2c2cc(-c3cncc(-c4ccc5c6ccccc6n(-c6ccc7sc8cccnc8c7c6)c5c4)n3)ccc21)c1ccccc1)c1ccccc1. The number of rotatable bonds is 8. The van der Waals surface area contributed by atoms with E-state index in [1.165, 1.54) is 41.8 Å². The van der Waals surface area contributed by atoms with Crippen molar-refractivity contribution in [2.24, 2.45) is 5.73 Å². The van der Waals surface area contributed by atoms with Crippen molar-refractivity contribution in [3.8, 4) is 28.2 Å². The van der Waals surface area contributed by atoms with E-state index in [1.807, 2.05) is 61.1 Å². The molecule has 0 saturated heterocycles. The largest absolute Gasteiger partial charge is 0.398 e. The van der Waals surface area contributed by atoms with Crippen LogP contribution in [0.25, 0.3) is 103 Å². The molecular weight excluding hydrogens is 789 g/mol. The molecule has 0 aliphatic rings. The van der Waals surface area contributed by atoms with Crippen molar-refractivity contribution in [1.82, 2.24) is 24.1 Å². The Morgan fingerprint density at radius 3 is 2.02 bits per heavy atom. The quantitative estimate of drug-likeness (QED) is 0.155. The Labute approximate surface area is 367 Å². The van der Waals surface area contributed by atoms with Crippen molar-refractivity contribution in [2.45, 2.75) is 6.54 Å². The second-order valence-electron chi connectivity index (χ2n) is 15.9. The Kier molecular flexibility index (Phi) is 8.79. The summed E-state index contributed by atoms with van der Waals surface area (Å²) in [7, 11) is 0. The number of hydrogen-bond acceptors (Lipinski definition) is 5. The maximum atomic E-state index is 6.68. The fourth-order valence-electron chi connectivity index (χ4n) is 9.15. The van der Waals surface area contributed by atoms with E-state index in [9.17, 15) is 0 Å². The van der Waals surface area contributed by atoms with Gasteiger partial charge in [-0.05, 0) is 83.4 Å². The van der Waals surface area contributed by atoms with Crippen molar-refractivity contribution in [3.63, 3.8) is 0 Å². The van der Waals surface area contributed by atoms with Crippen LogP contribution in [0.15, 0.2) is 207 Å². The number of benzene rings is 7. The van der Waals surface area contributed by atoms with Crippen LogP contribution in [0.3, 0.4) is 0 Å². The molecule has 5 heterocycles. The molecule has 7 aromatic carbocycles. The number of thiophene rings is 1. The molecule has 6 nitrogen and oxygen atoms in total. The molecular formula is C56H38N6S. The molecule has 2 N–H and O–H groups in total. The number of nitrogens with two attached hydrogens (primary N) is 1. The summed E-state index contributed by atoms with van der Waals surface area (Å²) < 4.78 is 7.18. The van der Waals surface area contributed by atoms with Crippen LogP contribution in [0.2, 0.25) is 0 Å². The van der Waals surface area contributed by atoms with E-state index in [1.54, 1.807) is 11.3 Å². The highest BCUT2D eigenvalue weighted by atomic mass is 32.1. The van der Waals surface area contributed by atoms with Crippen LogP contribution in [0.4, 0.5) is 0 Å². The third-order valence-corrected chi connectivity index (χ3v) is 13.3. The Hall–Kier alpha value is -8.13. The summed E-state index contributed by atoms with van der Waals surface area (Å²) in [6, 6.07) is 62.0. The second-order valence-corrected chi connectivity index (χ2v) is 16.9. The molecule has 0 spiro atoms. The first-order chi connectivity index (χ1) is 31.1. The number of aromatic nitrogens is 5. The average molecular weight is 827 g/mol. The molecule has 0 aliphatic heterocycles. The van der Waals surface area contributed by atoms with Crippen LogP contribution in [0.1, 0.15) is 11.1 Å². The summed E-state index contributed by atoms with van der Waals surface area (Å²) in [5, 5.41) is 5.92. The molecule has 5 aromatic heterocycles. The van der Waals surface area contributed by atoms with Gasteiger partial charge in [0.2, 0.25) is 0 Å². The molecule has 0 unspecified atom stereocenters. The lowest BCUT2D eigenvalue weighted by atomic mass is 10.0. The van der Waals surface area contributed by atoms with E-state index in [-0.39, 0.29) is 0 Å². The number of allylic oxidation sites excluding steroid dienone is 3. The highest BCUT2D eigenvalue weighted by Gasteiger charge is 2.17. The molecule has 0 bridgehead atoms. The van der Waals surface area contributed by atoms with Gasteiger partial charge in [0.1, 0.15) is 0 Å². The minimum atomic E-state index is 0.662. The van der Waals surface area contributed by atoms with E-state index in [4.69, 9.17) is 20.7 Å². The molecule has 298 valence electrons. The van der Waals surface area contributed by atoms with Crippen molar-refractivity contribution in [3.05, 3.63) is 218 Å². The molecule has 0 amide bonds. The first-order valence-corrected chi connectivity index (χ1v) is 21.9. The third kappa shape index (κ3) is 6.37. The van der Waals surface area contributed by atoms with Gasteiger partial charge in [-0.25, -0.2) is 4.98 Å². The van der Waals surface area contributed by atoms with Gasteiger partial charge >= 0.3 is 0 Å². The van der Waals surface area contributed by atoms with Crippen molar-refractivity contribution in [2.75, 3.05) is 0 Å². The summed E-state index contributed by atoms with van der Waals surface area (Å²) >= 11 is 1.78. The lowest BCUT2D eigenvalue weighted by Gasteiger charge is -2.10. The first-order valence-electron chi connectivity index (χ1n) is 21.1.